The zero-order valence-corrected chi connectivity index (χ0v) is 17.1. The molecule has 1 unspecified atom stereocenters. The summed E-state index contributed by atoms with van der Waals surface area (Å²) in [6, 6.07) is 7.64. The highest BCUT2D eigenvalue weighted by Gasteiger charge is 2.17. The van der Waals surface area contributed by atoms with Gasteiger partial charge in [0.05, 0.1) is 12.8 Å². The van der Waals surface area contributed by atoms with Crippen LogP contribution in [-0.2, 0) is 13.5 Å². The third-order valence-corrected chi connectivity index (χ3v) is 5.51. The van der Waals surface area contributed by atoms with Crippen molar-refractivity contribution in [2.45, 2.75) is 33.2 Å². The number of carbonyl (C=O) groups excluding carboxylic acids is 1. The van der Waals surface area contributed by atoms with Gasteiger partial charge in [0.1, 0.15) is 16.5 Å². The van der Waals surface area contributed by atoms with E-state index >= 15 is 0 Å². The van der Waals surface area contributed by atoms with E-state index in [1.807, 2.05) is 56.8 Å². The molecule has 0 bridgehead atoms. The number of hydrogen-bond donors (Lipinski definition) is 1. The maximum atomic E-state index is 12.6. The van der Waals surface area contributed by atoms with E-state index in [1.54, 1.807) is 12.5 Å². The van der Waals surface area contributed by atoms with Crippen molar-refractivity contribution >= 4 is 17.2 Å². The van der Waals surface area contributed by atoms with Crippen LogP contribution in [0, 0.1) is 13.8 Å². The number of nitrogens with zero attached hydrogens (tertiary/aromatic N) is 3. The average Bonchev–Trinajstić information content (AvgIpc) is 3.23. The Kier molecular flexibility index (Phi) is 5.60. The van der Waals surface area contributed by atoms with Crippen molar-refractivity contribution in [3.63, 3.8) is 0 Å². The van der Waals surface area contributed by atoms with Crippen molar-refractivity contribution in [1.29, 1.82) is 0 Å². The van der Waals surface area contributed by atoms with E-state index < -0.39 is 0 Å². The first-order chi connectivity index (χ1) is 12.9. The maximum absolute atomic E-state index is 12.6. The van der Waals surface area contributed by atoms with Gasteiger partial charge in [-0.1, -0.05) is 0 Å². The fourth-order valence-electron chi connectivity index (χ4n) is 3.01. The third-order valence-electron chi connectivity index (χ3n) is 4.62. The number of benzene rings is 1. The van der Waals surface area contributed by atoms with E-state index in [4.69, 9.17) is 4.74 Å². The number of ether oxygens (including phenoxy) is 1. The standard InChI is InChI=1S/C20H24N4O2S/c1-12(10-17-13(2)23-24(4)14(17)3)21-19(25)18-11-27-20(22-18)15-6-8-16(26-5)9-7-15/h6-9,11-12H,10H2,1-5H3,(H,21,25). The highest BCUT2D eigenvalue weighted by Crippen LogP contribution is 2.25. The molecule has 0 spiro atoms. The molecule has 7 heteroatoms. The minimum Gasteiger partial charge on any atom is -0.497 e. The molecule has 0 saturated carbocycles. The fourth-order valence-corrected chi connectivity index (χ4v) is 3.82. The maximum Gasteiger partial charge on any atom is 0.270 e. The topological polar surface area (TPSA) is 69.0 Å². The number of aryl methyl sites for hydroxylation is 2. The molecule has 1 amide bonds. The lowest BCUT2D eigenvalue weighted by molar-refractivity contribution is 0.0935. The van der Waals surface area contributed by atoms with Gasteiger partial charge in [-0.25, -0.2) is 4.98 Å². The van der Waals surface area contributed by atoms with Crippen LogP contribution in [0.5, 0.6) is 5.75 Å². The van der Waals surface area contributed by atoms with E-state index in [9.17, 15) is 4.79 Å². The molecule has 1 aromatic carbocycles. The van der Waals surface area contributed by atoms with Crippen molar-refractivity contribution in [3.05, 3.63) is 52.3 Å². The molecule has 142 valence electrons. The molecule has 2 aromatic heterocycles. The Balaban J connectivity index is 1.66. The number of rotatable bonds is 6. The molecule has 3 aromatic rings. The van der Waals surface area contributed by atoms with Gasteiger partial charge in [-0.2, -0.15) is 5.10 Å². The van der Waals surface area contributed by atoms with Gasteiger partial charge < -0.3 is 10.1 Å². The van der Waals surface area contributed by atoms with Gasteiger partial charge in [0.25, 0.3) is 5.91 Å². The van der Waals surface area contributed by atoms with E-state index in [1.165, 1.54) is 16.9 Å². The molecule has 3 rings (SSSR count). The highest BCUT2D eigenvalue weighted by atomic mass is 32.1. The molecule has 2 heterocycles. The van der Waals surface area contributed by atoms with Gasteiger partial charge in [-0.05, 0) is 57.0 Å². The summed E-state index contributed by atoms with van der Waals surface area (Å²) < 4.78 is 7.05. The smallest absolute Gasteiger partial charge is 0.270 e. The van der Waals surface area contributed by atoms with Crippen molar-refractivity contribution in [2.24, 2.45) is 7.05 Å². The van der Waals surface area contributed by atoms with Gasteiger partial charge in [0.2, 0.25) is 0 Å². The summed E-state index contributed by atoms with van der Waals surface area (Å²) >= 11 is 1.46. The minimum atomic E-state index is -0.155. The second kappa shape index (κ2) is 7.92. The Bertz CT molecular complexity index is 944. The average molecular weight is 385 g/mol. The number of thiazole rings is 1. The molecule has 6 nitrogen and oxygen atoms in total. The lowest BCUT2D eigenvalue weighted by Crippen LogP contribution is -2.34. The first-order valence-corrected chi connectivity index (χ1v) is 9.67. The molecule has 27 heavy (non-hydrogen) atoms. The van der Waals surface area contributed by atoms with Gasteiger partial charge in [0, 0.05) is 29.7 Å². The minimum absolute atomic E-state index is 0.00904. The summed E-state index contributed by atoms with van der Waals surface area (Å²) in [6.45, 7) is 6.05. The van der Waals surface area contributed by atoms with Crippen molar-refractivity contribution in [2.75, 3.05) is 7.11 Å². The summed E-state index contributed by atoms with van der Waals surface area (Å²) in [7, 11) is 3.57. The van der Waals surface area contributed by atoms with Crippen LogP contribution < -0.4 is 10.1 Å². The van der Waals surface area contributed by atoms with Crippen molar-refractivity contribution in [3.8, 4) is 16.3 Å². The van der Waals surface area contributed by atoms with Crippen molar-refractivity contribution < 1.29 is 9.53 Å². The molecule has 1 atom stereocenters. The van der Waals surface area contributed by atoms with Gasteiger partial charge in [-0.15, -0.1) is 11.3 Å². The quantitative estimate of drug-likeness (QED) is 0.706. The summed E-state index contributed by atoms with van der Waals surface area (Å²) in [4.78, 5) is 17.0. The monoisotopic (exact) mass is 384 g/mol. The Hall–Kier alpha value is -2.67. The lowest BCUT2D eigenvalue weighted by Gasteiger charge is -2.13. The van der Waals surface area contributed by atoms with Crippen molar-refractivity contribution in [1.82, 2.24) is 20.1 Å². The molecule has 0 aliphatic carbocycles. The number of hydrogen-bond acceptors (Lipinski definition) is 5. The summed E-state index contributed by atoms with van der Waals surface area (Å²) in [5.41, 5.74) is 4.73. The van der Waals surface area contributed by atoms with Crippen LogP contribution in [0.15, 0.2) is 29.6 Å². The zero-order chi connectivity index (χ0) is 19.6. The first-order valence-electron chi connectivity index (χ1n) is 8.79. The fraction of sp³-hybridized carbons (Fsp3) is 0.350. The van der Waals surface area contributed by atoms with E-state index in [-0.39, 0.29) is 11.9 Å². The van der Waals surface area contributed by atoms with Crippen LogP contribution in [0.2, 0.25) is 0 Å². The molecule has 1 N–H and O–H groups in total. The Morgan fingerprint density at radius 2 is 2.00 bits per heavy atom. The van der Waals surface area contributed by atoms with E-state index in [2.05, 4.69) is 15.4 Å². The molecular weight excluding hydrogens is 360 g/mol. The first kappa shape index (κ1) is 19.1. The second-order valence-electron chi connectivity index (χ2n) is 6.62. The highest BCUT2D eigenvalue weighted by molar-refractivity contribution is 7.13. The van der Waals surface area contributed by atoms with Gasteiger partial charge in [0.15, 0.2) is 0 Å². The summed E-state index contributed by atoms with van der Waals surface area (Å²) in [5, 5.41) is 10.1. The van der Waals surface area contributed by atoms with Crippen LogP contribution in [0.1, 0.15) is 34.4 Å². The number of nitrogens with one attached hydrogen (secondary N) is 1. The van der Waals surface area contributed by atoms with Crippen LogP contribution in [-0.4, -0.2) is 33.8 Å². The zero-order valence-electron chi connectivity index (χ0n) is 16.2. The number of carbonyl (C=O) groups is 1. The predicted octanol–water partition coefficient (Wildman–Crippen LogP) is 3.53. The molecule has 0 saturated heterocycles. The van der Waals surface area contributed by atoms with Crippen LogP contribution in [0.25, 0.3) is 10.6 Å². The number of methoxy groups -OCH3 is 1. The Morgan fingerprint density at radius 1 is 1.30 bits per heavy atom. The van der Waals surface area contributed by atoms with Crippen LogP contribution in [0.3, 0.4) is 0 Å². The SMILES string of the molecule is COc1ccc(-c2nc(C(=O)NC(C)Cc3c(C)nn(C)c3C)cs2)cc1. The Labute approximate surface area is 163 Å². The molecule has 0 aliphatic heterocycles. The molecule has 0 aliphatic rings. The van der Waals surface area contributed by atoms with Gasteiger partial charge in [-0.3, -0.25) is 9.48 Å². The molecule has 0 radical (unpaired) electrons. The van der Waals surface area contributed by atoms with Gasteiger partial charge >= 0.3 is 0 Å². The van der Waals surface area contributed by atoms with Crippen LogP contribution in [0.4, 0.5) is 0 Å². The summed E-state index contributed by atoms with van der Waals surface area (Å²) in [6.07, 6.45) is 0.743. The summed E-state index contributed by atoms with van der Waals surface area (Å²) in [5.74, 6) is 0.640. The number of amides is 1. The largest absolute Gasteiger partial charge is 0.497 e. The lowest BCUT2D eigenvalue weighted by atomic mass is 10.1. The van der Waals surface area contributed by atoms with E-state index in [0.29, 0.717) is 5.69 Å². The van der Waals surface area contributed by atoms with E-state index in [0.717, 1.165) is 34.1 Å². The normalized spacial score (nSPS) is 12.0. The third kappa shape index (κ3) is 4.19. The van der Waals surface area contributed by atoms with Crippen LogP contribution >= 0.6 is 11.3 Å². The Morgan fingerprint density at radius 3 is 2.59 bits per heavy atom. The molecular formula is C20H24N4O2S. The molecule has 0 fully saturated rings. The number of aromatic nitrogens is 3. The second-order valence-corrected chi connectivity index (χ2v) is 7.48. The predicted molar refractivity (Wildman–Crippen MR) is 107 cm³/mol.